The van der Waals surface area contributed by atoms with Crippen molar-refractivity contribution in [3.63, 3.8) is 0 Å². The average molecular weight is 1680 g/mol. The molecule has 2 atom stereocenters. The van der Waals surface area contributed by atoms with E-state index in [1.54, 1.807) is 15.9 Å². The summed E-state index contributed by atoms with van der Waals surface area (Å²) in [7, 11) is 2.14. The van der Waals surface area contributed by atoms with Crippen molar-refractivity contribution < 1.29 is 61.8 Å². The quantitative estimate of drug-likeness (QED) is 0.0420. The first kappa shape index (κ1) is 85.5. The molecule has 5 aromatic carbocycles. The highest BCUT2D eigenvalue weighted by Gasteiger charge is 2.37. The van der Waals surface area contributed by atoms with Crippen LogP contribution >= 0.6 is 0 Å². The first-order chi connectivity index (χ1) is 59.2. The maximum atomic E-state index is 13.1. The molecule has 0 saturated carbocycles. The Kier molecular flexibility index (Phi) is 27.5. The lowest BCUT2D eigenvalue weighted by molar-refractivity contribution is -0.274. The van der Waals surface area contributed by atoms with Crippen molar-refractivity contribution in [3.05, 3.63) is 163 Å². The zero-order valence-electron chi connectivity index (χ0n) is 70.1. The largest absolute Gasteiger partial charge is 0.573 e. The van der Waals surface area contributed by atoms with Crippen molar-refractivity contribution >= 4 is 73.8 Å². The molecule has 3 amide bonds. The van der Waals surface area contributed by atoms with Crippen molar-refractivity contribution in [2.45, 2.75) is 110 Å². The first-order valence-corrected chi connectivity index (χ1v) is 43.2. The number of piperazine rings is 3. The van der Waals surface area contributed by atoms with Crippen LogP contribution in [0.15, 0.2) is 129 Å². The van der Waals surface area contributed by atoms with Crippen LogP contribution in [0.25, 0.3) is 21.5 Å². The molecule has 3 aromatic heterocycles. The molecule has 31 heteroatoms. The summed E-state index contributed by atoms with van der Waals surface area (Å²) >= 11 is 0. The Morgan fingerprint density at radius 2 is 0.910 bits per heavy atom. The number of phenols is 3. The summed E-state index contributed by atoms with van der Waals surface area (Å²) in [5.74, 6) is 2.82. The minimum absolute atomic E-state index is 0.0284. The number of anilines is 6. The third-order valence-electron chi connectivity index (χ3n) is 24.9. The van der Waals surface area contributed by atoms with Gasteiger partial charge in [0.25, 0.3) is 0 Å². The van der Waals surface area contributed by atoms with Gasteiger partial charge in [-0.05, 0) is 151 Å². The monoisotopic (exact) mass is 1670 g/mol. The zero-order valence-corrected chi connectivity index (χ0v) is 70.1. The minimum Gasteiger partial charge on any atom is -0.508 e. The predicted molar refractivity (Wildman–Crippen MR) is 465 cm³/mol. The molecule has 6 fully saturated rings. The topological polar surface area (TPSA) is 265 Å². The highest BCUT2D eigenvalue weighted by Crippen LogP contribution is 2.43. The number of carbonyl (C=O) groups is 3. The number of nitrogens with zero attached hydrogens (tertiary/aromatic N) is 18. The number of hydrogen-bond donors (Lipinski definition) is 3. The third kappa shape index (κ3) is 20.8. The number of fused-ring (bicyclic) bond motifs is 5. The molecule has 1 unspecified atom stereocenters. The van der Waals surface area contributed by atoms with E-state index in [0.29, 0.717) is 154 Å². The molecule has 9 aliphatic rings. The normalized spacial score (nSPS) is 19.2. The predicted octanol–water partition coefficient (Wildman–Crippen LogP) is 10.8. The summed E-state index contributed by atoms with van der Waals surface area (Å²) < 4.78 is 62.1. The van der Waals surface area contributed by atoms with Gasteiger partial charge in [0.15, 0.2) is 5.75 Å². The van der Waals surface area contributed by atoms with E-state index in [1.807, 2.05) is 64.4 Å². The second kappa shape index (κ2) is 39.2. The highest BCUT2D eigenvalue weighted by molar-refractivity contribution is 5.97. The van der Waals surface area contributed by atoms with Gasteiger partial charge in [0.05, 0.1) is 55.6 Å². The third-order valence-corrected chi connectivity index (χ3v) is 24.9. The number of phenolic OH excluding ortho intramolecular Hbond substituents is 3. The molecule has 3 N–H and O–H groups in total. The summed E-state index contributed by atoms with van der Waals surface area (Å²) in [5, 5.41) is 35.2. The van der Waals surface area contributed by atoms with E-state index in [4.69, 9.17) is 44.1 Å². The van der Waals surface area contributed by atoms with E-state index in [9.17, 15) is 42.9 Å². The van der Waals surface area contributed by atoms with Crippen LogP contribution in [-0.2, 0) is 53.3 Å². The highest BCUT2D eigenvalue weighted by atomic mass is 19.4. The fourth-order valence-corrected chi connectivity index (χ4v) is 18.3. The van der Waals surface area contributed by atoms with Crippen LogP contribution in [0.5, 0.6) is 41.0 Å². The zero-order chi connectivity index (χ0) is 85.0. The molecule has 17 rings (SSSR count). The average Bonchev–Trinajstić information content (AvgIpc) is 0.828. The van der Waals surface area contributed by atoms with E-state index in [1.165, 1.54) is 62.8 Å². The van der Waals surface area contributed by atoms with Crippen molar-refractivity contribution in [2.24, 2.45) is 5.92 Å². The number of amides is 3. The van der Waals surface area contributed by atoms with Gasteiger partial charge in [0, 0.05) is 187 Å². The molecule has 12 heterocycles. The number of benzene rings is 5. The van der Waals surface area contributed by atoms with E-state index in [2.05, 4.69) is 89.8 Å². The lowest BCUT2D eigenvalue weighted by Gasteiger charge is -2.38. The molecule has 0 radical (unpaired) electrons. The van der Waals surface area contributed by atoms with Gasteiger partial charge in [0.2, 0.25) is 17.7 Å². The number of likely N-dealkylation sites (tertiary alicyclic amines) is 3. The van der Waals surface area contributed by atoms with E-state index >= 15 is 0 Å². The molecule has 6 saturated heterocycles. The lowest BCUT2D eigenvalue weighted by Crippen LogP contribution is -2.49. The van der Waals surface area contributed by atoms with Crippen LogP contribution in [0.2, 0.25) is 0 Å². The number of aromatic nitrogens is 6. The Labute approximate surface area is 711 Å². The Hall–Kier alpha value is -11.4. The summed E-state index contributed by atoms with van der Waals surface area (Å²) in [6.07, 6.45) is 10.7. The summed E-state index contributed by atoms with van der Waals surface area (Å²) in [5.41, 5.74) is 7.88. The van der Waals surface area contributed by atoms with E-state index in [0.717, 1.165) is 175 Å². The smallest absolute Gasteiger partial charge is 0.508 e. The van der Waals surface area contributed by atoms with E-state index < -0.39 is 12.1 Å². The molecular formula is C91H113F3N18O10. The Balaban J connectivity index is 0.000000142. The molecular weight excluding hydrogens is 1560 g/mol. The molecule has 122 heavy (non-hydrogen) atoms. The van der Waals surface area contributed by atoms with Gasteiger partial charge < -0.3 is 88.2 Å². The van der Waals surface area contributed by atoms with Crippen LogP contribution in [0, 0.1) is 5.92 Å². The summed E-state index contributed by atoms with van der Waals surface area (Å²) in [4.78, 5) is 91.3. The van der Waals surface area contributed by atoms with Gasteiger partial charge in [-0.25, -0.2) is 0 Å². The Morgan fingerprint density at radius 1 is 0.467 bits per heavy atom. The summed E-state index contributed by atoms with van der Waals surface area (Å²) in [6.45, 7) is 32.8. The number of alkyl halides is 3. The fourth-order valence-electron chi connectivity index (χ4n) is 18.3. The number of carbonyl (C=O) groups excluding carboxylic acids is 3. The van der Waals surface area contributed by atoms with Gasteiger partial charge in [0.1, 0.15) is 41.3 Å². The molecule has 9 aliphatic heterocycles. The molecule has 0 bridgehead atoms. The van der Waals surface area contributed by atoms with Crippen LogP contribution < -0.4 is 48.3 Å². The van der Waals surface area contributed by atoms with Crippen molar-refractivity contribution in [2.75, 3.05) is 200 Å². The Bertz CT molecular complexity index is 5050. The number of aromatic hydroxyl groups is 3. The lowest BCUT2D eigenvalue weighted by atomic mass is 10.0. The number of rotatable bonds is 22. The van der Waals surface area contributed by atoms with Crippen LogP contribution in [-0.4, -0.2) is 276 Å². The Morgan fingerprint density at radius 3 is 1.36 bits per heavy atom. The summed E-state index contributed by atoms with van der Waals surface area (Å²) in [6, 6.07) is 28.8. The van der Waals surface area contributed by atoms with Gasteiger partial charge in [-0.3, -0.25) is 19.3 Å². The van der Waals surface area contributed by atoms with Gasteiger partial charge >= 0.3 is 24.4 Å². The second-order valence-corrected chi connectivity index (χ2v) is 33.0. The molecule has 8 aromatic rings. The first-order valence-electron chi connectivity index (χ1n) is 43.2. The number of piperidine rings is 2. The van der Waals surface area contributed by atoms with Crippen molar-refractivity contribution in [1.29, 1.82) is 0 Å². The number of halogens is 3. The van der Waals surface area contributed by atoms with E-state index in [-0.39, 0.29) is 53.2 Å². The number of hydrogen-bond acceptors (Lipinski definition) is 25. The van der Waals surface area contributed by atoms with Crippen LogP contribution in [0.1, 0.15) is 92.1 Å². The number of ether oxygens (including phenoxy) is 4. The van der Waals surface area contributed by atoms with Crippen molar-refractivity contribution in [1.82, 2.24) is 59.3 Å². The second-order valence-electron chi connectivity index (χ2n) is 33.0. The fraction of sp³-hybridized carbons (Fsp3) is 0.484. The molecule has 28 nitrogen and oxygen atoms in total. The molecule has 648 valence electrons. The van der Waals surface area contributed by atoms with Crippen LogP contribution in [0.3, 0.4) is 0 Å². The maximum absolute atomic E-state index is 13.1. The minimum atomic E-state index is -4.88. The van der Waals surface area contributed by atoms with Gasteiger partial charge in [-0.2, -0.15) is 29.9 Å². The van der Waals surface area contributed by atoms with Gasteiger partial charge in [-0.1, -0.05) is 81.1 Å². The molecule has 0 spiro atoms. The van der Waals surface area contributed by atoms with Crippen molar-refractivity contribution in [3.8, 4) is 41.0 Å². The van der Waals surface area contributed by atoms with Crippen LogP contribution in [0.4, 0.5) is 47.7 Å². The standard InChI is InChI=1S/C32H40N6O3.C30H36N6O3.C29H37F3N6O4/c1-3-30(40)36-14-16-37(17-15-36)31-27-11-13-38(29-21-25(39)20-24-9-4-5-10-26(24)29)22-28(27)33-32(34-31)41-19-18-35-12-7-6-8-23(35)2;1-3-28(38)34-12-14-35(15-13-34)29-25-9-11-36(27-17-23(37)16-22-6-4-5-7-24(22)27)19-26(25)31-30(32-29)39-20-21-8-10-33(2)18-21;1-2-26(40)36-14-16-37(17-15-36)27-22-9-13-38(24-19-21(39)7-8-25(24)42-29(30,31)32)20-23(22)33-28(34-27)41-18-6-12-35-10-4-3-5-11-35/h3-5,9-10,20-21,23,39H,1,6-8,11-19,22H2,2H3;3-7,16-17,21,37H,1,8-15,18-20H2,2H3;2,7-8,19,39H,1,3-6,9-18,20H2/t23-;;/m0../s1. The maximum Gasteiger partial charge on any atom is 0.573 e. The SMILES string of the molecule is C=CC(=O)N1CCN(c2nc(OCC3CCN(C)C3)nc3c2CCN(c2cc(O)cc4ccccc24)C3)CC1.C=CC(=O)N1CCN(c2nc(OCCCN3CCCCC3)nc3c2CCN(c2cc(O)ccc2OC(F)(F)F)C3)CC1.C=CC(=O)N1CCN(c2nc(OCCN3CCCC[C@@H]3C)nc3c2CCN(c2cc(O)cc4ccccc24)C3)CC1. The molecule has 0 aliphatic carbocycles. The van der Waals surface area contributed by atoms with Gasteiger partial charge in [-0.15, -0.1) is 13.2 Å².